The minimum absolute atomic E-state index is 0.0787. The zero-order valence-corrected chi connectivity index (χ0v) is 12.1. The van der Waals surface area contributed by atoms with E-state index in [0.29, 0.717) is 4.47 Å². The minimum atomic E-state index is -4.31. The van der Waals surface area contributed by atoms with E-state index >= 15 is 0 Å². The molecule has 9 heteroatoms. The minimum Gasteiger partial charge on any atom is -0.459 e. The van der Waals surface area contributed by atoms with Crippen LogP contribution in [0, 0.1) is 17.0 Å². The second-order valence-electron chi connectivity index (χ2n) is 3.67. The van der Waals surface area contributed by atoms with Crippen LogP contribution in [0.5, 0.6) is 5.75 Å². The Labute approximate surface area is 120 Å². The number of hydrogen-bond donors (Lipinski definition) is 0. The van der Waals surface area contributed by atoms with Gasteiger partial charge < -0.3 is 9.47 Å². The zero-order chi connectivity index (χ0) is 15.5. The standard InChI is InChI=1S/C11H10BrF2NO5/c1-3-19-10(16)11(13,14)20-9-6(2)4-7(12)5-8(9)15(17)18/h4-5H,3H2,1-2H3. The molecule has 0 aliphatic rings. The highest BCUT2D eigenvalue weighted by molar-refractivity contribution is 9.10. The van der Waals surface area contributed by atoms with Crippen molar-refractivity contribution in [3.63, 3.8) is 0 Å². The van der Waals surface area contributed by atoms with Gasteiger partial charge in [0.05, 0.1) is 11.5 Å². The summed E-state index contributed by atoms with van der Waals surface area (Å²) in [5.41, 5.74) is -0.601. The second-order valence-corrected chi connectivity index (χ2v) is 4.58. The van der Waals surface area contributed by atoms with E-state index in [0.717, 1.165) is 6.07 Å². The van der Waals surface area contributed by atoms with Crippen molar-refractivity contribution in [1.82, 2.24) is 0 Å². The number of rotatable bonds is 5. The summed E-state index contributed by atoms with van der Waals surface area (Å²) >= 11 is 3.01. The molecule has 1 rings (SSSR count). The van der Waals surface area contributed by atoms with Crippen LogP contribution in [0.25, 0.3) is 0 Å². The Kier molecular flexibility index (Phi) is 4.98. The summed E-state index contributed by atoms with van der Waals surface area (Å²) in [6.45, 7) is 2.43. The molecule has 0 saturated carbocycles. The van der Waals surface area contributed by atoms with Crippen molar-refractivity contribution in [3.05, 3.63) is 32.3 Å². The van der Waals surface area contributed by atoms with E-state index in [9.17, 15) is 23.7 Å². The molecule has 0 N–H and O–H groups in total. The van der Waals surface area contributed by atoms with Crippen molar-refractivity contribution < 1.29 is 28.0 Å². The Morgan fingerprint density at radius 2 is 2.10 bits per heavy atom. The Morgan fingerprint density at radius 1 is 1.50 bits per heavy atom. The zero-order valence-electron chi connectivity index (χ0n) is 10.5. The van der Waals surface area contributed by atoms with Crippen molar-refractivity contribution in [2.75, 3.05) is 6.61 Å². The number of alkyl halides is 2. The molecule has 0 heterocycles. The summed E-state index contributed by atoms with van der Waals surface area (Å²) in [6.07, 6.45) is -4.31. The predicted octanol–water partition coefficient (Wildman–Crippen LogP) is 3.20. The van der Waals surface area contributed by atoms with Crippen LogP contribution >= 0.6 is 15.9 Å². The van der Waals surface area contributed by atoms with E-state index < -0.39 is 28.4 Å². The van der Waals surface area contributed by atoms with E-state index in [-0.39, 0.29) is 12.2 Å². The number of carbonyl (C=O) groups excluding carboxylic acids is 1. The summed E-state index contributed by atoms with van der Waals surface area (Å²) in [6, 6.07) is 2.35. The lowest BCUT2D eigenvalue weighted by Crippen LogP contribution is -2.37. The number of aryl methyl sites for hydroxylation is 1. The molecule has 0 aliphatic heterocycles. The van der Waals surface area contributed by atoms with Crippen LogP contribution in [0.2, 0.25) is 0 Å². The first-order valence-electron chi connectivity index (χ1n) is 5.37. The molecule has 0 saturated heterocycles. The Hall–Kier alpha value is -1.77. The summed E-state index contributed by atoms with van der Waals surface area (Å²) in [4.78, 5) is 21.0. The van der Waals surface area contributed by atoms with Crippen LogP contribution < -0.4 is 4.74 Å². The normalized spacial score (nSPS) is 11.1. The van der Waals surface area contributed by atoms with Crippen molar-refractivity contribution in [1.29, 1.82) is 0 Å². The number of nitro benzene ring substituents is 1. The molecule has 0 aliphatic carbocycles. The van der Waals surface area contributed by atoms with Gasteiger partial charge in [0.25, 0.3) is 0 Å². The van der Waals surface area contributed by atoms with Gasteiger partial charge in [-0.3, -0.25) is 10.1 Å². The first kappa shape index (κ1) is 16.3. The van der Waals surface area contributed by atoms with E-state index in [4.69, 9.17) is 0 Å². The van der Waals surface area contributed by atoms with Gasteiger partial charge in [-0.1, -0.05) is 15.9 Å². The predicted molar refractivity (Wildman–Crippen MR) is 67.7 cm³/mol. The molecule has 0 fully saturated rings. The Morgan fingerprint density at radius 3 is 2.60 bits per heavy atom. The number of ether oxygens (including phenoxy) is 2. The lowest BCUT2D eigenvalue weighted by molar-refractivity contribution is -0.387. The van der Waals surface area contributed by atoms with Gasteiger partial charge in [-0.05, 0) is 25.5 Å². The molecular weight excluding hydrogens is 344 g/mol. The van der Waals surface area contributed by atoms with Gasteiger partial charge in [-0.25, -0.2) is 4.79 Å². The highest BCUT2D eigenvalue weighted by Gasteiger charge is 2.46. The lowest BCUT2D eigenvalue weighted by atomic mass is 10.2. The molecule has 1 aromatic rings. The number of nitrogens with zero attached hydrogens (tertiary/aromatic N) is 1. The van der Waals surface area contributed by atoms with Crippen LogP contribution in [0.15, 0.2) is 16.6 Å². The number of nitro groups is 1. The van der Waals surface area contributed by atoms with Crippen molar-refractivity contribution in [3.8, 4) is 5.75 Å². The summed E-state index contributed by atoms with van der Waals surface area (Å²) in [5, 5.41) is 10.9. The van der Waals surface area contributed by atoms with Gasteiger partial charge in [-0.15, -0.1) is 0 Å². The van der Waals surface area contributed by atoms with Crippen LogP contribution in [0.4, 0.5) is 14.5 Å². The third kappa shape index (κ3) is 3.62. The average Bonchev–Trinajstić information content (AvgIpc) is 2.32. The largest absolute Gasteiger partial charge is 0.502 e. The highest BCUT2D eigenvalue weighted by Crippen LogP contribution is 2.37. The van der Waals surface area contributed by atoms with Gasteiger partial charge in [0, 0.05) is 10.5 Å². The maximum atomic E-state index is 13.5. The third-order valence-corrected chi connectivity index (χ3v) is 2.62. The number of carbonyl (C=O) groups is 1. The fraction of sp³-hybridized carbons (Fsp3) is 0.364. The van der Waals surface area contributed by atoms with Gasteiger partial charge in [0.2, 0.25) is 5.75 Å². The van der Waals surface area contributed by atoms with Crippen molar-refractivity contribution in [2.45, 2.75) is 20.0 Å². The molecule has 110 valence electrons. The topological polar surface area (TPSA) is 78.7 Å². The van der Waals surface area contributed by atoms with Gasteiger partial charge >= 0.3 is 17.8 Å². The summed E-state index contributed by atoms with van der Waals surface area (Å²) < 4.78 is 35.7. The van der Waals surface area contributed by atoms with Crippen LogP contribution in [0.1, 0.15) is 12.5 Å². The average molecular weight is 354 g/mol. The van der Waals surface area contributed by atoms with Gasteiger partial charge in [0.1, 0.15) is 0 Å². The molecule has 6 nitrogen and oxygen atoms in total. The van der Waals surface area contributed by atoms with Crippen LogP contribution in [0.3, 0.4) is 0 Å². The summed E-state index contributed by atoms with van der Waals surface area (Å²) in [7, 11) is 0. The SMILES string of the molecule is CCOC(=O)C(F)(F)Oc1c(C)cc(Br)cc1[N+](=O)[O-]. The van der Waals surface area contributed by atoms with E-state index in [1.807, 2.05) is 0 Å². The highest BCUT2D eigenvalue weighted by atomic mass is 79.9. The molecule has 0 bridgehead atoms. The van der Waals surface area contributed by atoms with Gasteiger partial charge in [0.15, 0.2) is 0 Å². The van der Waals surface area contributed by atoms with E-state index in [1.165, 1.54) is 19.9 Å². The molecule has 0 radical (unpaired) electrons. The van der Waals surface area contributed by atoms with Crippen molar-refractivity contribution in [2.24, 2.45) is 0 Å². The molecule has 0 atom stereocenters. The smallest absolute Gasteiger partial charge is 0.459 e. The number of hydrogen-bond acceptors (Lipinski definition) is 5. The number of esters is 1. The molecule has 0 amide bonds. The first-order valence-corrected chi connectivity index (χ1v) is 6.17. The van der Waals surface area contributed by atoms with Crippen LogP contribution in [-0.2, 0) is 9.53 Å². The van der Waals surface area contributed by atoms with E-state index in [1.54, 1.807) is 0 Å². The van der Waals surface area contributed by atoms with E-state index in [2.05, 4.69) is 25.4 Å². The molecular formula is C11H10BrF2NO5. The molecule has 0 spiro atoms. The molecule has 1 aromatic carbocycles. The second kappa shape index (κ2) is 6.12. The number of halogens is 3. The fourth-order valence-corrected chi connectivity index (χ4v) is 1.93. The Bertz CT molecular complexity index is 550. The quantitative estimate of drug-likeness (QED) is 0.461. The van der Waals surface area contributed by atoms with Crippen molar-refractivity contribution >= 4 is 27.6 Å². The molecule has 0 unspecified atom stereocenters. The maximum Gasteiger partial charge on any atom is 0.502 e. The third-order valence-electron chi connectivity index (χ3n) is 2.16. The molecule has 0 aromatic heterocycles. The Balaban J connectivity index is 3.20. The molecule has 20 heavy (non-hydrogen) atoms. The van der Waals surface area contributed by atoms with Crippen LogP contribution in [-0.4, -0.2) is 23.6 Å². The van der Waals surface area contributed by atoms with Gasteiger partial charge in [-0.2, -0.15) is 8.78 Å². The maximum absolute atomic E-state index is 13.5. The lowest BCUT2D eigenvalue weighted by Gasteiger charge is -2.17. The first-order chi connectivity index (χ1) is 9.19. The summed E-state index contributed by atoms with van der Waals surface area (Å²) in [5.74, 6) is -2.59. The number of benzene rings is 1. The fourth-order valence-electron chi connectivity index (χ4n) is 1.37. The monoisotopic (exact) mass is 353 g/mol.